The number of aliphatic carboxylic acids is 1. The van der Waals surface area contributed by atoms with Crippen LogP contribution in [0.3, 0.4) is 0 Å². The first-order valence-corrected chi connectivity index (χ1v) is 30.3. The first-order chi connectivity index (χ1) is 38.6. The van der Waals surface area contributed by atoms with E-state index in [1.807, 2.05) is 18.7 Å². The van der Waals surface area contributed by atoms with E-state index < -0.39 is 12.0 Å². The molecule has 21 nitrogen and oxygen atoms in total. The molecule has 0 bridgehead atoms. The van der Waals surface area contributed by atoms with E-state index in [0.717, 1.165) is 89.2 Å². The largest absolute Gasteiger partial charge is 0.481 e. The maximum absolute atomic E-state index is 13.1. The van der Waals surface area contributed by atoms with E-state index in [0.29, 0.717) is 113 Å². The van der Waals surface area contributed by atoms with Crippen molar-refractivity contribution in [1.29, 1.82) is 0 Å². The van der Waals surface area contributed by atoms with Crippen LogP contribution in [0.1, 0.15) is 198 Å². The maximum Gasteiger partial charge on any atom is 0.315 e. The molecular weight excluding hydrogens is 1050 g/mol. The Kier molecular flexibility index (Phi) is 40.1. The van der Waals surface area contributed by atoms with Gasteiger partial charge < -0.3 is 51.2 Å². The van der Waals surface area contributed by atoms with E-state index in [4.69, 9.17) is 19.3 Å². The minimum atomic E-state index is -1.01. The topological polar surface area (TPSA) is 304 Å². The minimum absolute atomic E-state index is 0.0309. The lowest BCUT2D eigenvalue weighted by molar-refractivity contribution is -0.138. The molecule has 5 amide bonds. The molecule has 1 aromatic heterocycles. The van der Waals surface area contributed by atoms with Gasteiger partial charge in [-0.05, 0) is 103 Å². The van der Waals surface area contributed by atoms with E-state index in [1.165, 1.54) is 13.1 Å². The molecule has 0 aromatic carbocycles. The van der Waals surface area contributed by atoms with Crippen molar-refractivity contribution in [3.8, 4) is 0 Å². The van der Waals surface area contributed by atoms with Gasteiger partial charge in [0.15, 0.2) is 5.78 Å². The number of methoxy groups -OCH3 is 1. The van der Waals surface area contributed by atoms with E-state index in [9.17, 15) is 47.9 Å². The van der Waals surface area contributed by atoms with Gasteiger partial charge in [-0.1, -0.05) is 32.6 Å². The van der Waals surface area contributed by atoms with Crippen LogP contribution < -0.4 is 31.9 Å². The second-order valence-corrected chi connectivity index (χ2v) is 21.8. The SMILES string of the molecule is CCCOCCCCC(=O)[C@H](CCC(=O)CCCNC(=O)c1ccc(NCC(C)=O)nc1)NC(=O)CCCCCCC(=O)CCCCCNC(=O)CCC(=O)O.COCCOCCCCC(=O)CCCC[C@@H]1SC[C@@H]2NC(=O)N[C@@H]21. The number of unbranched alkanes of at least 4 members (excludes halogenated alkanes) is 8. The Balaban J connectivity index is 0.000000751. The zero-order chi connectivity index (χ0) is 58.6. The Hall–Kier alpha value is -5.32. The maximum atomic E-state index is 13.1. The highest BCUT2D eigenvalue weighted by Gasteiger charge is 2.42. The fraction of sp³-hybridized carbons (Fsp3) is 0.741. The van der Waals surface area contributed by atoms with Gasteiger partial charge in [0.1, 0.15) is 29.0 Å². The van der Waals surface area contributed by atoms with Crippen LogP contribution in [0.15, 0.2) is 18.3 Å². The van der Waals surface area contributed by atoms with Crippen molar-refractivity contribution in [2.45, 2.75) is 211 Å². The molecule has 2 aliphatic heterocycles. The normalized spacial score (nSPS) is 15.5. The van der Waals surface area contributed by atoms with Crippen molar-refractivity contribution in [1.82, 2.24) is 31.6 Å². The first-order valence-electron chi connectivity index (χ1n) is 29.3. The number of amides is 5. The average molecular weight is 1150 g/mol. The number of urea groups is 1. The van der Waals surface area contributed by atoms with Crippen molar-refractivity contribution < 1.29 is 67.3 Å². The number of ether oxygens (including phenoxy) is 3. The first kappa shape index (κ1) is 70.8. The highest BCUT2D eigenvalue weighted by molar-refractivity contribution is 8.00. The van der Waals surface area contributed by atoms with Gasteiger partial charge in [0.2, 0.25) is 11.8 Å². The van der Waals surface area contributed by atoms with Crippen molar-refractivity contribution >= 4 is 76.2 Å². The van der Waals surface area contributed by atoms with Gasteiger partial charge in [-0.25, -0.2) is 9.78 Å². The van der Waals surface area contributed by atoms with Crippen LogP contribution in [-0.2, 0) is 52.6 Å². The number of carbonyl (C=O) groups excluding carboxylic acids is 9. The van der Waals surface area contributed by atoms with Gasteiger partial charge in [0.25, 0.3) is 5.91 Å². The number of carboxylic acid groups (broad SMARTS) is 1. The van der Waals surface area contributed by atoms with Gasteiger partial charge in [-0.15, -0.1) is 0 Å². The number of carboxylic acids is 1. The van der Waals surface area contributed by atoms with E-state index >= 15 is 0 Å². The Labute approximate surface area is 478 Å². The molecule has 80 heavy (non-hydrogen) atoms. The summed E-state index contributed by atoms with van der Waals surface area (Å²) in [5.41, 5.74) is 0.354. The second kappa shape index (κ2) is 45.3. The number of aromatic nitrogens is 1. The lowest BCUT2D eigenvalue weighted by Crippen LogP contribution is -2.41. The standard InChI is InChI=1S/C41H65N5O10.C17H30N2O4S/c1-3-27-56-28-12-10-17-36(50)35(21-20-34(49)16-13-26-43-41(55)32-19-22-37(45-30-32)44-29-31(2)47)46-39(52)18-9-5-4-7-14-33(48)15-8-6-11-25-42-38(51)23-24-40(53)54;1-22-10-11-23-9-5-4-7-13(20)6-2-3-8-15-16-14(12-24-15)18-17(21)19-16/h19,22,30,35H,3-18,20-21,23-29H2,1-2H3,(H,42,51)(H,43,55)(H,44,45)(H,46,52)(H,53,54);14-16H,2-12H2,1H3,(H2,18,19,21)/t35-;14-,15-,16-/m00/s1. The molecule has 4 atom stereocenters. The number of hydrogen-bond donors (Lipinski definition) is 7. The zero-order valence-electron chi connectivity index (χ0n) is 48.1. The predicted molar refractivity (Wildman–Crippen MR) is 308 cm³/mol. The molecule has 3 rings (SSSR count). The fourth-order valence-electron chi connectivity index (χ4n) is 8.82. The summed E-state index contributed by atoms with van der Waals surface area (Å²) in [5, 5.41) is 26.2. The van der Waals surface area contributed by atoms with Gasteiger partial charge in [0, 0.05) is 115 Å². The molecule has 1 aromatic rings. The number of pyridine rings is 1. The van der Waals surface area contributed by atoms with Crippen LogP contribution in [-0.4, -0.2) is 158 Å². The number of rotatable bonds is 49. The molecule has 7 N–H and O–H groups in total. The third-order valence-electron chi connectivity index (χ3n) is 13.4. The number of anilines is 1. The molecule has 0 radical (unpaired) electrons. The van der Waals surface area contributed by atoms with Crippen LogP contribution in [0, 0.1) is 0 Å². The third kappa shape index (κ3) is 36.1. The summed E-state index contributed by atoms with van der Waals surface area (Å²) < 4.78 is 15.8. The minimum Gasteiger partial charge on any atom is -0.481 e. The Morgan fingerprint density at radius 1 is 0.662 bits per heavy atom. The highest BCUT2D eigenvalue weighted by Crippen LogP contribution is 2.33. The van der Waals surface area contributed by atoms with Gasteiger partial charge in [0.05, 0.1) is 49.9 Å². The summed E-state index contributed by atoms with van der Waals surface area (Å²) in [5.74, 6) is -0.0295. The van der Waals surface area contributed by atoms with Gasteiger partial charge in [-0.2, -0.15) is 11.8 Å². The van der Waals surface area contributed by atoms with Crippen molar-refractivity contribution in [2.24, 2.45) is 0 Å². The lowest BCUT2D eigenvalue weighted by Gasteiger charge is -2.18. The summed E-state index contributed by atoms with van der Waals surface area (Å²) in [4.78, 5) is 124. The molecule has 0 spiro atoms. The predicted octanol–water partition coefficient (Wildman–Crippen LogP) is 7.16. The quantitative estimate of drug-likeness (QED) is 0.0251. The molecule has 2 saturated heterocycles. The van der Waals surface area contributed by atoms with Crippen molar-refractivity contribution in [3.05, 3.63) is 23.9 Å². The molecule has 0 unspecified atom stereocenters. The number of thioether (sulfide) groups is 1. The van der Waals surface area contributed by atoms with Crippen LogP contribution in [0.5, 0.6) is 0 Å². The number of nitrogens with zero attached hydrogens (tertiary/aromatic N) is 1. The number of fused-ring (bicyclic) bond motifs is 1. The fourth-order valence-corrected chi connectivity index (χ4v) is 10.4. The van der Waals surface area contributed by atoms with E-state index in [-0.39, 0.29) is 111 Å². The molecule has 3 heterocycles. The monoisotopic (exact) mass is 1150 g/mol. The lowest BCUT2D eigenvalue weighted by atomic mass is 9.99. The summed E-state index contributed by atoms with van der Waals surface area (Å²) in [6.45, 7) is 7.57. The molecule has 452 valence electrons. The smallest absolute Gasteiger partial charge is 0.315 e. The van der Waals surface area contributed by atoms with E-state index in [1.54, 1.807) is 19.2 Å². The molecule has 2 fully saturated rings. The Morgan fingerprint density at radius 3 is 1.93 bits per heavy atom. The number of Topliss-reactive ketones (excluding diaryl/α,β-unsaturated/α-hetero) is 5. The Bertz CT molecular complexity index is 2010. The number of ketones is 5. The van der Waals surface area contributed by atoms with Crippen LogP contribution in [0.25, 0.3) is 0 Å². The number of carbonyl (C=O) groups is 10. The van der Waals surface area contributed by atoms with Gasteiger partial charge >= 0.3 is 12.0 Å². The summed E-state index contributed by atoms with van der Waals surface area (Å²) in [7, 11) is 1.66. The third-order valence-corrected chi connectivity index (χ3v) is 14.9. The van der Waals surface area contributed by atoms with Crippen molar-refractivity contribution in [3.63, 3.8) is 0 Å². The molecule has 0 saturated carbocycles. The zero-order valence-corrected chi connectivity index (χ0v) is 48.9. The highest BCUT2D eigenvalue weighted by atomic mass is 32.2. The molecule has 2 aliphatic rings. The summed E-state index contributed by atoms with van der Waals surface area (Å²) >= 11 is 1.94. The van der Waals surface area contributed by atoms with E-state index in [2.05, 4.69) is 36.9 Å². The number of hydrogen-bond acceptors (Lipinski definition) is 16. The van der Waals surface area contributed by atoms with Crippen molar-refractivity contribution in [2.75, 3.05) is 70.8 Å². The molecular formula is C58H95N7O14S. The molecule has 0 aliphatic carbocycles. The molecule has 22 heteroatoms. The second-order valence-electron chi connectivity index (χ2n) is 20.6. The van der Waals surface area contributed by atoms with Crippen LogP contribution >= 0.6 is 11.8 Å². The summed E-state index contributed by atoms with van der Waals surface area (Å²) in [6, 6.07) is 2.99. The summed E-state index contributed by atoms with van der Waals surface area (Å²) in [6.07, 6.45) is 17.4. The van der Waals surface area contributed by atoms with Crippen LogP contribution in [0.4, 0.5) is 10.6 Å². The van der Waals surface area contributed by atoms with Crippen LogP contribution in [0.2, 0.25) is 0 Å². The number of nitrogens with one attached hydrogen (secondary N) is 6. The Morgan fingerprint density at radius 2 is 1.27 bits per heavy atom. The van der Waals surface area contributed by atoms with Gasteiger partial charge in [-0.3, -0.25) is 43.2 Å². The average Bonchev–Trinajstić information content (AvgIpc) is 4.08.